The van der Waals surface area contributed by atoms with Crippen LogP contribution in [0, 0.1) is 0 Å². The van der Waals surface area contributed by atoms with Gasteiger partial charge in [-0.1, -0.05) is 54.6 Å². The molecule has 0 aliphatic carbocycles. The van der Waals surface area contributed by atoms with Crippen LogP contribution in [0.25, 0.3) is 0 Å². The van der Waals surface area contributed by atoms with E-state index >= 15 is 0 Å². The molecule has 0 spiro atoms. The molecular formula is C17H19O3P. The number of hydrogen-bond donors (Lipinski definition) is 0. The zero-order valence-electron chi connectivity index (χ0n) is 12.0. The van der Waals surface area contributed by atoms with E-state index in [2.05, 4.69) is 0 Å². The molecule has 0 amide bonds. The third kappa shape index (κ3) is 5.22. The third-order valence-electron chi connectivity index (χ3n) is 2.77. The van der Waals surface area contributed by atoms with Crippen molar-refractivity contribution in [1.29, 1.82) is 0 Å². The molecule has 0 saturated heterocycles. The van der Waals surface area contributed by atoms with Gasteiger partial charge in [0, 0.05) is 5.82 Å². The summed E-state index contributed by atoms with van der Waals surface area (Å²) in [5.74, 6) is 2.08. The minimum atomic E-state index is -3.26. The Bertz CT molecular complexity index is 608. The first-order valence-corrected chi connectivity index (χ1v) is 8.53. The van der Waals surface area contributed by atoms with Crippen LogP contribution in [0.5, 0.6) is 5.75 Å². The first-order chi connectivity index (χ1) is 10.2. The summed E-state index contributed by atoms with van der Waals surface area (Å²) in [6, 6.07) is 19.0. The molecule has 0 fully saturated rings. The maximum absolute atomic E-state index is 12.6. The van der Waals surface area contributed by atoms with E-state index in [1.165, 1.54) is 5.82 Å². The lowest BCUT2D eigenvalue weighted by molar-refractivity contribution is 0.288. The highest BCUT2D eigenvalue weighted by molar-refractivity contribution is 7.57. The summed E-state index contributed by atoms with van der Waals surface area (Å²) >= 11 is 0. The van der Waals surface area contributed by atoms with Crippen LogP contribution in [0.15, 0.2) is 72.6 Å². The van der Waals surface area contributed by atoms with E-state index < -0.39 is 7.60 Å². The monoisotopic (exact) mass is 302 g/mol. The minimum absolute atomic E-state index is 0.333. The Hall–Kier alpha value is -1.83. The molecule has 0 bridgehead atoms. The molecule has 1 atom stereocenters. The molecule has 21 heavy (non-hydrogen) atoms. The Morgan fingerprint density at radius 1 is 1.00 bits per heavy atom. The van der Waals surface area contributed by atoms with Gasteiger partial charge in [0.15, 0.2) is 0 Å². The van der Waals surface area contributed by atoms with E-state index in [0.717, 1.165) is 5.56 Å². The first-order valence-electron chi connectivity index (χ1n) is 6.92. The molecule has 3 nitrogen and oxygen atoms in total. The van der Waals surface area contributed by atoms with Crippen molar-refractivity contribution < 1.29 is 13.6 Å². The lowest BCUT2D eigenvalue weighted by Gasteiger charge is -2.15. The molecule has 0 aliphatic heterocycles. The Morgan fingerprint density at radius 3 is 2.24 bits per heavy atom. The summed E-state index contributed by atoms with van der Waals surface area (Å²) in [6.07, 6.45) is 2.52. The smallest absolute Gasteiger partial charge is 0.403 e. The van der Waals surface area contributed by atoms with Crippen molar-refractivity contribution in [2.75, 3.05) is 6.61 Å². The highest BCUT2D eigenvalue weighted by Crippen LogP contribution is 2.49. The van der Waals surface area contributed by atoms with Crippen LogP contribution in [0.4, 0.5) is 0 Å². The fourth-order valence-corrected chi connectivity index (χ4v) is 3.18. The fraction of sp³-hybridized carbons (Fsp3) is 0.176. The van der Waals surface area contributed by atoms with Crippen molar-refractivity contribution in [1.82, 2.24) is 0 Å². The molecule has 0 aromatic heterocycles. The second kappa shape index (κ2) is 7.82. The average molecular weight is 302 g/mol. The zero-order valence-corrected chi connectivity index (χ0v) is 12.9. The number of benzene rings is 2. The van der Waals surface area contributed by atoms with Crippen LogP contribution < -0.4 is 4.52 Å². The van der Waals surface area contributed by atoms with E-state index in [1.54, 1.807) is 19.1 Å². The van der Waals surface area contributed by atoms with Crippen molar-refractivity contribution in [2.45, 2.75) is 13.3 Å². The van der Waals surface area contributed by atoms with Crippen LogP contribution in [0.3, 0.4) is 0 Å². The van der Waals surface area contributed by atoms with Gasteiger partial charge < -0.3 is 4.52 Å². The molecule has 0 N–H and O–H groups in total. The van der Waals surface area contributed by atoms with Gasteiger partial charge in [-0.25, -0.2) is 4.57 Å². The van der Waals surface area contributed by atoms with E-state index in [9.17, 15) is 4.57 Å². The number of hydrogen-bond acceptors (Lipinski definition) is 3. The van der Waals surface area contributed by atoms with Crippen molar-refractivity contribution in [3.05, 3.63) is 78.1 Å². The zero-order chi connectivity index (χ0) is 15.0. The highest BCUT2D eigenvalue weighted by Gasteiger charge is 2.21. The molecule has 2 rings (SSSR count). The third-order valence-corrected chi connectivity index (χ3v) is 4.43. The van der Waals surface area contributed by atoms with Gasteiger partial charge in [0.1, 0.15) is 5.75 Å². The summed E-state index contributed by atoms with van der Waals surface area (Å²) in [7, 11) is -3.26. The molecule has 2 aromatic carbocycles. The van der Waals surface area contributed by atoms with Crippen molar-refractivity contribution in [3.8, 4) is 5.75 Å². The van der Waals surface area contributed by atoms with Gasteiger partial charge in [-0.2, -0.15) is 0 Å². The molecular weight excluding hydrogens is 283 g/mol. The molecule has 4 heteroatoms. The molecule has 0 radical (unpaired) electrons. The van der Waals surface area contributed by atoms with E-state index in [4.69, 9.17) is 9.05 Å². The van der Waals surface area contributed by atoms with Gasteiger partial charge >= 0.3 is 7.60 Å². The summed E-state index contributed by atoms with van der Waals surface area (Å²) in [4.78, 5) is 0. The number of rotatable bonds is 7. The predicted molar refractivity (Wildman–Crippen MR) is 85.6 cm³/mol. The highest BCUT2D eigenvalue weighted by atomic mass is 31.2. The van der Waals surface area contributed by atoms with Crippen LogP contribution in [-0.2, 0) is 15.5 Å². The molecule has 0 aliphatic rings. The fourth-order valence-electron chi connectivity index (χ4n) is 1.84. The van der Waals surface area contributed by atoms with Gasteiger partial charge in [0.2, 0.25) is 0 Å². The number of para-hydroxylation sites is 1. The standard InChI is InChI=1S/C17H19O3P/c1-2-19-21(18,20-17-13-7-4-8-14-17)15-9-12-16-10-5-3-6-11-16/h3-11,13-15H,2,12H2,1H3. The van der Waals surface area contributed by atoms with Crippen LogP contribution in [0.1, 0.15) is 12.5 Å². The lowest BCUT2D eigenvalue weighted by Crippen LogP contribution is -1.96. The maximum Gasteiger partial charge on any atom is 0.403 e. The Labute approximate surface area is 125 Å². The Balaban J connectivity index is 2.05. The second-order valence-corrected chi connectivity index (χ2v) is 6.26. The van der Waals surface area contributed by atoms with Crippen LogP contribution >= 0.6 is 7.60 Å². The molecule has 0 heterocycles. The summed E-state index contributed by atoms with van der Waals surface area (Å²) < 4.78 is 23.5. The summed E-state index contributed by atoms with van der Waals surface area (Å²) in [5, 5.41) is 0. The second-order valence-electron chi connectivity index (χ2n) is 4.44. The van der Waals surface area contributed by atoms with Gasteiger partial charge in [-0.3, -0.25) is 4.52 Å². The quantitative estimate of drug-likeness (QED) is 0.671. The van der Waals surface area contributed by atoms with E-state index in [1.807, 2.05) is 54.6 Å². The largest absolute Gasteiger partial charge is 0.422 e. The number of allylic oxidation sites excluding steroid dienone is 1. The maximum atomic E-state index is 12.6. The topological polar surface area (TPSA) is 35.5 Å². The SMILES string of the molecule is CCOP(=O)(C=CCc1ccccc1)Oc1ccccc1. The van der Waals surface area contributed by atoms with Gasteiger partial charge in [-0.15, -0.1) is 0 Å². The van der Waals surface area contributed by atoms with Crippen LogP contribution in [-0.4, -0.2) is 6.61 Å². The average Bonchev–Trinajstić information content (AvgIpc) is 2.49. The summed E-state index contributed by atoms with van der Waals surface area (Å²) in [6.45, 7) is 2.13. The molecule has 0 saturated carbocycles. The van der Waals surface area contributed by atoms with Gasteiger partial charge in [0.25, 0.3) is 0 Å². The van der Waals surface area contributed by atoms with Crippen molar-refractivity contribution in [2.24, 2.45) is 0 Å². The lowest BCUT2D eigenvalue weighted by atomic mass is 10.2. The first kappa shape index (κ1) is 15.6. The molecule has 110 valence electrons. The Morgan fingerprint density at radius 2 is 1.62 bits per heavy atom. The van der Waals surface area contributed by atoms with Gasteiger partial charge in [0.05, 0.1) is 6.61 Å². The predicted octanol–water partition coefficient (Wildman–Crippen LogP) is 5.05. The minimum Gasteiger partial charge on any atom is -0.422 e. The Kier molecular flexibility index (Phi) is 5.79. The normalized spacial score (nSPS) is 14.0. The molecule has 2 aromatic rings. The molecule has 1 unspecified atom stereocenters. The van der Waals surface area contributed by atoms with Crippen molar-refractivity contribution >= 4 is 7.60 Å². The van der Waals surface area contributed by atoms with Gasteiger partial charge in [-0.05, 0) is 31.0 Å². The van der Waals surface area contributed by atoms with E-state index in [0.29, 0.717) is 18.8 Å². The summed E-state index contributed by atoms with van der Waals surface area (Å²) in [5.41, 5.74) is 1.15. The van der Waals surface area contributed by atoms with E-state index in [-0.39, 0.29) is 0 Å². The van der Waals surface area contributed by atoms with Crippen LogP contribution in [0.2, 0.25) is 0 Å². The van der Waals surface area contributed by atoms with Crippen molar-refractivity contribution in [3.63, 3.8) is 0 Å².